The lowest BCUT2D eigenvalue weighted by Crippen LogP contribution is -2.11. The van der Waals surface area contributed by atoms with Gasteiger partial charge in [-0.3, -0.25) is 4.79 Å². The van der Waals surface area contributed by atoms with Gasteiger partial charge >= 0.3 is 0 Å². The predicted octanol–water partition coefficient (Wildman–Crippen LogP) is 2.55. The van der Waals surface area contributed by atoms with E-state index in [-0.39, 0.29) is 11.7 Å². The fraction of sp³-hybridized carbons (Fsp3) is 0.231. The maximum absolute atomic E-state index is 11.9. The third kappa shape index (κ3) is 2.51. The number of carbonyl (C=O) groups excluding carboxylic acids is 1. The van der Waals surface area contributed by atoms with Crippen LogP contribution in [-0.4, -0.2) is 18.0 Å². The topological polar surface area (TPSA) is 64.4 Å². The maximum atomic E-state index is 11.9. The van der Waals surface area contributed by atoms with Crippen LogP contribution in [0.5, 0.6) is 5.75 Å². The smallest absolute Gasteiger partial charge is 0.293 e. The number of oxazole rings is 1. The number of aryl methyl sites for hydroxylation is 2. The first-order valence-corrected chi connectivity index (χ1v) is 5.48. The van der Waals surface area contributed by atoms with Crippen LogP contribution in [0, 0.1) is 13.8 Å². The summed E-state index contributed by atoms with van der Waals surface area (Å²) in [7, 11) is 1.55. The summed E-state index contributed by atoms with van der Waals surface area (Å²) in [5.41, 5.74) is 1.64. The summed E-state index contributed by atoms with van der Waals surface area (Å²) in [5, 5.41) is 2.73. The second-order valence-electron chi connectivity index (χ2n) is 3.90. The fourth-order valence-corrected chi connectivity index (χ4v) is 1.57. The number of carbonyl (C=O) groups is 1. The molecule has 0 saturated heterocycles. The van der Waals surface area contributed by atoms with E-state index in [2.05, 4.69) is 10.3 Å². The SMILES string of the molecule is COc1ccc(C)cc1NC(=O)c1cnc(C)o1. The normalized spacial score (nSPS) is 10.2. The van der Waals surface area contributed by atoms with Gasteiger partial charge in [-0.25, -0.2) is 4.98 Å². The second kappa shape index (κ2) is 4.91. The first-order valence-electron chi connectivity index (χ1n) is 5.48. The van der Waals surface area contributed by atoms with Gasteiger partial charge in [0.1, 0.15) is 5.75 Å². The van der Waals surface area contributed by atoms with Gasteiger partial charge in [0.05, 0.1) is 19.0 Å². The van der Waals surface area contributed by atoms with Crippen molar-refractivity contribution in [1.82, 2.24) is 4.98 Å². The van der Waals surface area contributed by atoms with Crippen LogP contribution in [0.4, 0.5) is 5.69 Å². The number of anilines is 1. The molecule has 0 saturated carbocycles. The zero-order valence-electron chi connectivity index (χ0n) is 10.5. The molecular weight excluding hydrogens is 232 g/mol. The van der Waals surface area contributed by atoms with Crippen LogP contribution < -0.4 is 10.1 Å². The molecule has 94 valence electrons. The molecule has 2 rings (SSSR count). The zero-order valence-corrected chi connectivity index (χ0v) is 10.5. The second-order valence-corrected chi connectivity index (χ2v) is 3.90. The minimum absolute atomic E-state index is 0.177. The highest BCUT2D eigenvalue weighted by Gasteiger charge is 2.13. The van der Waals surface area contributed by atoms with Gasteiger partial charge in [-0.15, -0.1) is 0 Å². The molecule has 0 aliphatic heterocycles. The molecule has 0 spiro atoms. The average Bonchev–Trinajstić information content (AvgIpc) is 2.76. The van der Waals surface area contributed by atoms with Crippen molar-refractivity contribution in [2.45, 2.75) is 13.8 Å². The Hall–Kier alpha value is -2.30. The van der Waals surface area contributed by atoms with Crippen molar-refractivity contribution in [3.05, 3.63) is 41.6 Å². The number of amides is 1. The van der Waals surface area contributed by atoms with Crippen molar-refractivity contribution in [1.29, 1.82) is 0 Å². The molecule has 2 aromatic rings. The number of hydrogen-bond donors (Lipinski definition) is 1. The number of hydrogen-bond acceptors (Lipinski definition) is 4. The molecule has 0 unspecified atom stereocenters. The van der Waals surface area contributed by atoms with E-state index in [4.69, 9.17) is 9.15 Å². The number of methoxy groups -OCH3 is 1. The number of nitrogens with zero attached hydrogens (tertiary/aromatic N) is 1. The first kappa shape index (κ1) is 12.2. The van der Waals surface area contributed by atoms with Crippen LogP contribution in [0.15, 0.2) is 28.8 Å². The summed E-state index contributed by atoms with van der Waals surface area (Å²) in [6.45, 7) is 3.62. The third-order valence-corrected chi connectivity index (χ3v) is 2.45. The number of aromatic nitrogens is 1. The van der Waals surface area contributed by atoms with Crippen molar-refractivity contribution in [3.63, 3.8) is 0 Å². The highest BCUT2D eigenvalue weighted by molar-refractivity contribution is 6.02. The maximum Gasteiger partial charge on any atom is 0.293 e. The van der Waals surface area contributed by atoms with Crippen LogP contribution in [0.1, 0.15) is 22.0 Å². The van der Waals surface area contributed by atoms with E-state index >= 15 is 0 Å². The van der Waals surface area contributed by atoms with E-state index in [1.165, 1.54) is 6.20 Å². The van der Waals surface area contributed by atoms with Gasteiger partial charge in [0.2, 0.25) is 5.76 Å². The molecule has 5 heteroatoms. The Morgan fingerprint density at radius 1 is 1.39 bits per heavy atom. The molecule has 0 fully saturated rings. The zero-order chi connectivity index (χ0) is 13.1. The van der Waals surface area contributed by atoms with Crippen molar-refractivity contribution in [3.8, 4) is 5.75 Å². The van der Waals surface area contributed by atoms with Crippen molar-refractivity contribution >= 4 is 11.6 Å². The van der Waals surface area contributed by atoms with Gasteiger partial charge < -0.3 is 14.5 Å². The molecule has 1 aromatic carbocycles. The van der Waals surface area contributed by atoms with Crippen LogP contribution in [0.2, 0.25) is 0 Å². The summed E-state index contributed by atoms with van der Waals surface area (Å²) >= 11 is 0. The molecule has 0 aliphatic rings. The minimum Gasteiger partial charge on any atom is -0.495 e. The van der Waals surface area contributed by atoms with E-state index in [1.54, 1.807) is 20.1 Å². The van der Waals surface area contributed by atoms with E-state index in [9.17, 15) is 4.79 Å². The quantitative estimate of drug-likeness (QED) is 0.903. The van der Waals surface area contributed by atoms with Gasteiger partial charge in [0, 0.05) is 6.92 Å². The Morgan fingerprint density at radius 2 is 2.17 bits per heavy atom. The molecule has 0 radical (unpaired) electrons. The summed E-state index contributed by atoms with van der Waals surface area (Å²) in [6.07, 6.45) is 1.40. The van der Waals surface area contributed by atoms with Crippen molar-refractivity contribution in [2.24, 2.45) is 0 Å². The van der Waals surface area contributed by atoms with E-state index < -0.39 is 0 Å². The highest BCUT2D eigenvalue weighted by Crippen LogP contribution is 2.25. The van der Waals surface area contributed by atoms with Crippen molar-refractivity contribution in [2.75, 3.05) is 12.4 Å². The summed E-state index contributed by atoms with van der Waals surface area (Å²) < 4.78 is 10.3. The van der Waals surface area contributed by atoms with Crippen molar-refractivity contribution < 1.29 is 13.9 Å². The van der Waals surface area contributed by atoms with E-state index in [0.29, 0.717) is 17.3 Å². The molecular formula is C13H14N2O3. The molecule has 5 nitrogen and oxygen atoms in total. The number of ether oxygens (including phenoxy) is 1. The number of nitrogens with one attached hydrogen (secondary N) is 1. The summed E-state index contributed by atoms with van der Waals surface area (Å²) in [5.74, 6) is 0.886. The Labute approximate surface area is 105 Å². The molecule has 1 amide bonds. The largest absolute Gasteiger partial charge is 0.495 e. The Morgan fingerprint density at radius 3 is 2.78 bits per heavy atom. The Balaban J connectivity index is 2.23. The van der Waals surface area contributed by atoms with Crippen LogP contribution in [0.25, 0.3) is 0 Å². The van der Waals surface area contributed by atoms with Crippen LogP contribution >= 0.6 is 0 Å². The van der Waals surface area contributed by atoms with Crippen LogP contribution in [-0.2, 0) is 0 Å². The fourth-order valence-electron chi connectivity index (χ4n) is 1.57. The molecule has 18 heavy (non-hydrogen) atoms. The van der Waals surface area contributed by atoms with E-state index in [0.717, 1.165) is 5.56 Å². The molecule has 1 heterocycles. The summed E-state index contributed by atoms with van der Waals surface area (Å²) in [6, 6.07) is 5.55. The van der Waals surface area contributed by atoms with Gasteiger partial charge in [-0.05, 0) is 24.6 Å². The lowest BCUT2D eigenvalue weighted by molar-refractivity contribution is 0.0995. The predicted molar refractivity (Wildman–Crippen MR) is 66.9 cm³/mol. The monoisotopic (exact) mass is 246 g/mol. The van der Waals surface area contributed by atoms with E-state index in [1.807, 2.05) is 19.1 Å². The third-order valence-electron chi connectivity index (χ3n) is 2.45. The lowest BCUT2D eigenvalue weighted by Gasteiger charge is -2.09. The molecule has 0 atom stereocenters. The number of benzene rings is 1. The molecule has 1 aromatic heterocycles. The van der Waals surface area contributed by atoms with Gasteiger partial charge in [0.15, 0.2) is 5.89 Å². The first-order chi connectivity index (χ1) is 8.60. The molecule has 1 N–H and O–H groups in total. The van der Waals surface area contributed by atoms with Crippen LogP contribution in [0.3, 0.4) is 0 Å². The standard InChI is InChI=1S/C13H14N2O3/c1-8-4-5-11(17-3)10(6-8)15-13(16)12-7-14-9(2)18-12/h4-7H,1-3H3,(H,15,16). The minimum atomic E-state index is -0.348. The van der Waals surface area contributed by atoms with Gasteiger partial charge in [-0.2, -0.15) is 0 Å². The Bertz CT molecular complexity index is 575. The highest BCUT2D eigenvalue weighted by atomic mass is 16.5. The van der Waals surface area contributed by atoms with Gasteiger partial charge in [0.25, 0.3) is 5.91 Å². The Kier molecular flexibility index (Phi) is 3.32. The number of rotatable bonds is 3. The van der Waals surface area contributed by atoms with Gasteiger partial charge in [-0.1, -0.05) is 6.07 Å². The molecule has 0 bridgehead atoms. The average molecular weight is 246 g/mol. The summed E-state index contributed by atoms with van der Waals surface area (Å²) in [4.78, 5) is 15.8. The lowest BCUT2D eigenvalue weighted by atomic mass is 10.2. The molecule has 0 aliphatic carbocycles.